The van der Waals surface area contributed by atoms with Crippen LogP contribution in [0.5, 0.6) is 0 Å². The first kappa shape index (κ1) is 15.5. The molecule has 1 heterocycles. The van der Waals surface area contributed by atoms with E-state index in [0.29, 0.717) is 13.0 Å². The van der Waals surface area contributed by atoms with Crippen LogP contribution < -0.4 is 0 Å². The van der Waals surface area contributed by atoms with E-state index in [-0.39, 0.29) is 5.60 Å². The Morgan fingerprint density at radius 2 is 2.21 bits per heavy atom. The maximum Gasteiger partial charge on any atom is 0.0943 e. The van der Waals surface area contributed by atoms with Crippen LogP contribution in [-0.2, 0) is 11.2 Å². The molecule has 0 radical (unpaired) electrons. The topological polar surface area (TPSA) is 29.5 Å². The van der Waals surface area contributed by atoms with Gasteiger partial charge in [0.05, 0.1) is 11.7 Å². The maximum atomic E-state index is 10.7. The summed E-state index contributed by atoms with van der Waals surface area (Å²) in [5.74, 6) is 0.761. The summed E-state index contributed by atoms with van der Waals surface area (Å²) in [6, 6.07) is 2.10. The Balaban J connectivity index is 2.05. The van der Waals surface area contributed by atoms with E-state index in [1.54, 1.807) is 11.3 Å². The molecule has 1 saturated carbocycles. The summed E-state index contributed by atoms with van der Waals surface area (Å²) in [6.45, 7) is 4.99. The van der Waals surface area contributed by atoms with Gasteiger partial charge in [-0.25, -0.2) is 0 Å². The first-order valence-corrected chi connectivity index (χ1v) is 8.78. The van der Waals surface area contributed by atoms with Gasteiger partial charge in [0.2, 0.25) is 0 Å². The molecule has 2 rings (SSSR count). The van der Waals surface area contributed by atoms with Gasteiger partial charge in [-0.15, -0.1) is 11.3 Å². The molecule has 1 aromatic heterocycles. The third-order valence-corrected chi connectivity index (χ3v) is 5.90. The highest BCUT2D eigenvalue weighted by atomic mass is 79.9. The van der Waals surface area contributed by atoms with Crippen molar-refractivity contribution >= 4 is 27.3 Å². The lowest BCUT2D eigenvalue weighted by atomic mass is 9.75. The molecule has 19 heavy (non-hydrogen) atoms. The molecule has 0 saturated heterocycles. The fourth-order valence-corrected chi connectivity index (χ4v) is 4.44. The lowest BCUT2D eigenvalue weighted by Gasteiger charge is -2.42. The molecule has 0 aliphatic heterocycles. The Kier molecular flexibility index (Phi) is 5.46. The van der Waals surface area contributed by atoms with Crippen LogP contribution in [0.2, 0.25) is 0 Å². The molecule has 1 N–H and O–H groups in total. The van der Waals surface area contributed by atoms with E-state index in [1.165, 1.54) is 4.88 Å². The van der Waals surface area contributed by atoms with E-state index in [0.717, 1.165) is 36.1 Å². The summed E-state index contributed by atoms with van der Waals surface area (Å²) >= 11 is 5.16. The van der Waals surface area contributed by atoms with Gasteiger partial charge in [-0.2, -0.15) is 0 Å². The average molecular weight is 347 g/mol. The van der Waals surface area contributed by atoms with Crippen LogP contribution in [0.1, 0.15) is 44.4 Å². The van der Waals surface area contributed by atoms with Gasteiger partial charge < -0.3 is 9.84 Å². The second-order valence-electron chi connectivity index (χ2n) is 5.63. The van der Waals surface area contributed by atoms with Crippen LogP contribution in [0.4, 0.5) is 0 Å². The highest BCUT2D eigenvalue weighted by Crippen LogP contribution is 2.38. The van der Waals surface area contributed by atoms with Crippen molar-refractivity contribution in [2.24, 2.45) is 5.92 Å². The number of thiophene rings is 1. The molecule has 0 bridgehead atoms. The van der Waals surface area contributed by atoms with Gasteiger partial charge in [0, 0.05) is 27.8 Å². The van der Waals surface area contributed by atoms with E-state index < -0.39 is 6.10 Å². The van der Waals surface area contributed by atoms with Crippen molar-refractivity contribution in [2.75, 3.05) is 6.61 Å². The minimum atomic E-state index is -0.398. The smallest absolute Gasteiger partial charge is 0.0943 e. The molecule has 0 amide bonds. The standard InChI is InChI=1S/C15H23BrO2S/c1-3-18-15(6-4-11(2)5-7-15)14(17)9-13-8-12(16)10-19-13/h8,10-11,14,17H,3-7,9H2,1-2H3. The zero-order valence-corrected chi connectivity index (χ0v) is 14.1. The Hall–Kier alpha value is 0.1000. The van der Waals surface area contributed by atoms with Crippen molar-refractivity contribution in [1.82, 2.24) is 0 Å². The van der Waals surface area contributed by atoms with Gasteiger partial charge in [0.15, 0.2) is 0 Å². The molecular weight excluding hydrogens is 324 g/mol. The molecule has 0 aromatic carbocycles. The maximum absolute atomic E-state index is 10.7. The van der Waals surface area contributed by atoms with Crippen LogP contribution in [0.3, 0.4) is 0 Å². The second-order valence-corrected chi connectivity index (χ2v) is 7.54. The average Bonchev–Trinajstić information content (AvgIpc) is 2.78. The molecule has 1 aliphatic carbocycles. The summed E-state index contributed by atoms with van der Waals surface area (Å²) in [7, 11) is 0. The van der Waals surface area contributed by atoms with Gasteiger partial charge in [0.1, 0.15) is 0 Å². The predicted molar refractivity (Wildman–Crippen MR) is 83.7 cm³/mol. The minimum absolute atomic E-state index is 0.322. The zero-order chi connectivity index (χ0) is 13.9. The summed E-state index contributed by atoms with van der Waals surface area (Å²) < 4.78 is 7.10. The van der Waals surface area contributed by atoms with E-state index in [4.69, 9.17) is 4.74 Å². The zero-order valence-electron chi connectivity index (χ0n) is 11.7. The Bertz CT molecular complexity index is 397. The Labute approximate surface area is 128 Å². The minimum Gasteiger partial charge on any atom is -0.390 e. The molecule has 1 unspecified atom stereocenters. The van der Waals surface area contributed by atoms with E-state index in [2.05, 4.69) is 34.3 Å². The first-order valence-electron chi connectivity index (χ1n) is 7.10. The van der Waals surface area contributed by atoms with E-state index in [1.807, 2.05) is 6.92 Å². The van der Waals surface area contributed by atoms with Crippen molar-refractivity contribution in [3.05, 3.63) is 20.8 Å². The van der Waals surface area contributed by atoms with E-state index >= 15 is 0 Å². The molecule has 1 aromatic rings. The van der Waals surface area contributed by atoms with Crippen LogP contribution in [0.15, 0.2) is 15.9 Å². The molecular formula is C15H23BrO2S. The third kappa shape index (κ3) is 3.81. The molecule has 0 spiro atoms. The first-order chi connectivity index (χ1) is 9.05. The molecule has 108 valence electrons. The van der Waals surface area contributed by atoms with Crippen LogP contribution in [0.25, 0.3) is 0 Å². The second kappa shape index (κ2) is 6.70. The Morgan fingerprint density at radius 3 is 2.74 bits per heavy atom. The van der Waals surface area contributed by atoms with Gasteiger partial charge in [-0.3, -0.25) is 0 Å². The third-order valence-electron chi connectivity index (χ3n) is 4.18. The van der Waals surface area contributed by atoms with E-state index in [9.17, 15) is 5.11 Å². The van der Waals surface area contributed by atoms with Gasteiger partial charge in [-0.05, 0) is 60.5 Å². The van der Waals surface area contributed by atoms with Crippen molar-refractivity contribution in [3.63, 3.8) is 0 Å². The summed E-state index contributed by atoms with van der Waals surface area (Å²) in [5.41, 5.74) is -0.322. The fourth-order valence-electron chi connectivity index (χ4n) is 2.95. The molecule has 4 heteroatoms. The largest absolute Gasteiger partial charge is 0.390 e. The van der Waals surface area contributed by atoms with Crippen LogP contribution in [-0.4, -0.2) is 23.4 Å². The normalized spacial score (nSPS) is 29.4. The summed E-state index contributed by atoms with van der Waals surface area (Å²) in [6.07, 6.45) is 4.58. The highest BCUT2D eigenvalue weighted by molar-refractivity contribution is 9.10. The number of hydrogen-bond donors (Lipinski definition) is 1. The Morgan fingerprint density at radius 1 is 1.53 bits per heavy atom. The van der Waals surface area contributed by atoms with Crippen molar-refractivity contribution in [1.29, 1.82) is 0 Å². The van der Waals surface area contributed by atoms with Crippen LogP contribution >= 0.6 is 27.3 Å². The lowest BCUT2D eigenvalue weighted by Crippen LogP contribution is -2.48. The lowest BCUT2D eigenvalue weighted by molar-refractivity contribution is -0.143. The molecule has 1 fully saturated rings. The quantitative estimate of drug-likeness (QED) is 0.856. The van der Waals surface area contributed by atoms with Gasteiger partial charge in [-0.1, -0.05) is 6.92 Å². The molecule has 1 atom stereocenters. The molecule has 2 nitrogen and oxygen atoms in total. The van der Waals surface area contributed by atoms with Crippen molar-refractivity contribution < 1.29 is 9.84 Å². The number of ether oxygens (including phenoxy) is 1. The summed E-state index contributed by atoms with van der Waals surface area (Å²) in [5, 5.41) is 12.7. The monoisotopic (exact) mass is 346 g/mol. The SMILES string of the molecule is CCOC1(C(O)Cc2cc(Br)cs2)CCC(C)CC1. The number of aliphatic hydroxyl groups is 1. The van der Waals surface area contributed by atoms with Crippen molar-refractivity contribution in [3.8, 4) is 0 Å². The summed E-state index contributed by atoms with van der Waals surface area (Å²) in [4.78, 5) is 1.22. The van der Waals surface area contributed by atoms with Gasteiger partial charge >= 0.3 is 0 Å². The predicted octanol–water partition coefficient (Wildman–Crippen LogP) is 4.40. The van der Waals surface area contributed by atoms with Crippen molar-refractivity contribution in [2.45, 2.75) is 57.7 Å². The van der Waals surface area contributed by atoms with Gasteiger partial charge in [0.25, 0.3) is 0 Å². The van der Waals surface area contributed by atoms with Crippen LogP contribution in [0, 0.1) is 5.92 Å². The highest BCUT2D eigenvalue weighted by Gasteiger charge is 2.41. The fraction of sp³-hybridized carbons (Fsp3) is 0.733. The number of hydrogen-bond acceptors (Lipinski definition) is 3. The number of rotatable bonds is 5. The number of aliphatic hydroxyl groups excluding tert-OH is 1. The molecule has 1 aliphatic rings. The number of halogens is 1.